The summed E-state index contributed by atoms with van der Waals surface area (Å²) < 4.78 is 27.7. The van der Waals surface area contributed by atoms with Crippen molar-refractivity contribution in [3.63, 3.8) is 0 Å². The van der Waals surface area contributed by atoms with E-state index in [1.165, 1.54) is 42.5 Å². The lowest BCUT2D eigenvalue weighted by molar-refractivity contribution is -0.111. The molecule has 0 spiro atoms. The highest BCUT2D eigenvalue weighted by Gasteiger charge is 2.15. The number of benzene rings is 1. The molecule has 98 valence electrons. The molecule has 0 bridgehead atoms. The van der Waals surface area contributed by atoms with Gasteiger partial charge in [0.1, 0.15) is 0 Å². The Morgan fingerprint density at radius 1 is 1.11 bits per heavy atom. The number of hydrogen-bond acceptors (Lipinski definition) is 3. The number of carbonyl (C=O) groups is 1. The monoisotopic (exact) mass is 295 g/mol. The van der Waals surface area contributed by atoms with Crippen LogP contribution in [0.2, 0.25) is 5.02 Å². The zero-order valence-corrected chi connectivity index (χ0v) is 11.6. The SMILES string of the molecule is CC1=C/C(=N\S(=O)(=O)c2ccc(Cl)cc2)C=CC1=O. The van der Waals surface area contributed by atoms with Crippen LogP contribution in [0.1, 0.15) is 6.92 Å². The minimum Gasteiger partial charge on any atom is -0.290 e. The van der Waals surface area contributed by atoms with E-state index in [4.69, 9.17) is 11.6 Å². The lowest BCUT2D eigenvalue weighted by Gasteiger charge is -2.04. The third kappa shape index (κ3) is 3.19. The van der Waals surface area contributed by atoms with Gasteiger partial charge >= 0.3 is 0 Å². The van der Waals surface area contributed by atoms with Crippen LogP contribution in [0.15, 0.2) is 57.4 Å². The van der Waals surface area contributed by atoms with E-state index in [0.29, 0.717) is 10.6 Å². The molecule has 0 atom stereocenters. The van der Waals surface area contributed by atoms with Gasteiger partial charge in [0.15, 0.2) is 5.78 Å². The van der Waals surface area contributed by atoms with Crippen molar-refractivity contribution in [2.24, 2.45) is 4.40 Å². The van der Waals surface area contributed by atoms with E-state index >= 15 is 0 Å². The third-order valence-electron chi connectivity index (χ3n) is 2.50. The predicted molar refractivity (Wildman–Crippen MR) is 74.0 cm³/mol. The molecule has 1 aliphatic carbocycles. The number of hydrogen-bond donors (Lipinski definition) is 0. The topological polar surface area (TPSA) is 63.6 Å². The first kappa shape index (κ1) is 13.7. The van der Waals surface area contributed by atoms with Gasteiger partial charge in [-0.1, -0.05) is 11.6 Å². The quantitative estimate of drug-likeness (QED) is 0.788. The molecule has 0 unspecified atom stereocenters. The second-order valence-electron chi connectivity index (χ2n) is 3.97. The summed E-state index contributed by atoms with van der Waals surface area (Å²) in [4.78, 5) is 11.3. The number of rotatable bonds is 2. The zero-order chi connectivity index (χ0) is 14.0. The van der Waals surface area contributed by atoms with Crippen LogP contribution >= 0.6 is 11.6 Å². The Bertz CT molecular complexity index is 713. The number of ketones is 1. The molecule has 1 aromatic carbocycles. The summed E-state index contributed by atoms with van der Waals surface area (Å²) in [5, 5.41) is 0.450. The summed E-state index contributed by atoms with van der Waals surface area (Å²) in [5.74, 6) is -0.150. The molecular formula is C13H10ClNO3S. The van der Waals surface area contributed by atoms with E-state index in [9.17, 15) is 13.2 Å². The highest BCUT2D eigenvalue weighted by molar-refractivity contribution is 7.90. The molecule has 19 heavy (non-hydrogen) atoms. The van der Waals surface area contributed by atoms with Gasteiger partial charge in [0.2, 0.25) is 0 Å². The maximum atomic E-state index is 12.0. The zero-order valence-electron chi connectivity index (χ0n) is 10.00. The number of sulfonamides is 1. The molecule has 0 fully saturated rings. The maximum Gasteiger partial charge on any atom is 0.282 e. The van der Waals surface area contributed by atoms with Crippen LogP contribution in [-0.4, -0.2) is 19.9 Å². The Labute approximate surface area is 116 Å². The standard InChI is InChI=1S/C13H10ClNO3S/c1-9-8-11(4-7-13(9)16)15-19(17,18)12-5-2-10(14)3-6-12/h2-8H,1H3/b15-11-. The van der Waals surface area contributed by atoms with Crippen molar-refractivity contribution in [3.8, 4) is 0 Å². The Balaban J connectivity index is 2.40. The van der Waals surface area contributed by atoms with E-state index in [-0.39, 0.29) is 16.4 Å². The molecule has 4 nitrogen and oxygen atoms in total. The maximum absolute atomic E-state index is 12.0. The van der Waals surface area contributed by atoms with E-state index in [0.717, 1.165) is 0 Å². The minimum atomic E-state index is -3.80. The van der Waals surface area contributed by atoms with Crippen LogP contribution in [0, 0.1) is 0 Å². The van der Waals surface area contributed by atoms with Crippen LogP contribution in [0.4, 0.5) is 0 Å². The van der Waals surface area contributed by atoms with Crippen LogP contribution in [0.5, 0.6) is 0 Å². The lowest BCUT2D eigenvalue weighted by atomic mass is 10.1. The first-order valence-electron chi connectivity index (χ1n) is 5.40. The van der Waals surface area contributed by atoms with Crippen LogP contribution in [-0.2, 0) is 14.8 Å². The predicted octanol–water partition coefficient (Wildman–Crippen LogP) is 2.55. The number of halogens is 1. The molecule has 1 aliphatic rings. The molecule has 6 heteroatoms. The molecule has 0 aliphatic heterocycles. The second kappa shape index (κ2) is 5.11. The summed E-state index contributed by atoms with van der Waals surface area (Å²) in [6.45, 7) is 1.61. The highest BCUT2D eigenvalue weighted by Crippen LogP contribution is 2.17. The smallest absolute Gasteiger partial charge is 0.282 e. The fourth-order valence-corrected chi connectivity index (χ4v) is 2.59. The highest BCUT2D eigenvalue weighted by atomic mass is 35.5. The molecule has 0 N–H and O–H groups in total. The van der Waals surface area contributed by atoms with Crippen molar-refractivity contribution in [1.29, 1.82) is 0 Å². The number of allylic oxidation sites excluding steroid dienone is 4. The molecule has 0 saturated carbocycles. The van der Waals surface area contributed by atoms with Gasteiger partial charge < -0.3 is 0 Å². The molecule has 1 aromatic rings. The number of nitrogens with zero attached hydrogens (tertiary/aromatic N) is 1. The van der Waals surface area contributed by atoms with Crippen molar-refractivity contribution in [2.45, 2.75) is 11.8 Å². The summed E-state index contributed by atoms with van der Waals surface area (Å²) in [5.41, 5.74) is 0.680. The van der Waals surface area contributed by atoms with Gasteiger partial charge in [0.25, 0.3) is 10.0 Å². The normalized spacial score (nSPS) is 17.7. The Morgan fingerprint density at radius 3 is 2.32 bits per heavy atom. The van der Waals surface area contributed by atoms with Crippen LogP contribution < -0.4 is 0 Å². The van der Waals surface area contributed by atoms with Crippen molar-refractivity contribution in [1.82, 2.24) is 0 Å². The lowest BCUT2D eigenvalue weighted by Crippen LogP contribution is -2.08. The Hall–Kier alpha value is -1.72. The fourth-order valence-electron chi connectivity index (χ4n) is 1.49. The first-order chi connectivity index (χ1) is 8.88. The molecule has 0 radical (unpaired) electrons. The van der Waals surface area contributed by atoms with Gasteiger partial charge in [-0.15, -0.1) is 0 Å². The number of carbonyl (C=O) groups excluding carboxylic acids is 1. The van der Waals surface area contributed by atoms with Crippen LogP contribution in [0.3, 0.4) is 0 Å². The first-order valence-corrected chi connectivity index (χ1v) is 7.21. The van der Waals surface area contributed by atoms with E-state index < -0.39 is 10.0 Å². The van der Waals surface area contributed by atoms with Gasteiger partial charge in [0, 0.05) is 5.02 Å². The van der Waals surface area contributed by atoms with Crippen molar-refractivity contribution >= 4 is 33.1 Å². The molecule has 0 heterocycles. The Kier molecular flexibility index (Phi) is 3.68. The average molecular weight is 296 g/mol. The summed E-state index contributed by atoms with van der Waals surface area (Å²) in [6, 6.07) is 5.73. The molecule has 0 aromatic heterocycles. The summed E-state index contributed by atoms with van der Waals surface area (Å²) >= 11 is 5.70. The fraction of sp³-hybridized carbons (Fsp3) is 0.0769. The van der Waals surface area contributed by atoms with Gasteiger partial charge in [-0.05, 0) is 55.0 Å². The van der Waals surface area contributed by atoms with Crippen molar-refractivity contribution in [3.05, 3.63) is 53.1 Å². The van der Waals surface area contributed by atoms with Gasteiger partial charge in [0.05, 0.1) is 10.6 Å². The molecule has 2 rings (SSSR count). The largest absolute Gasteiger partial charge is 0.290 e. The van der Waals surface area contributed by atoms with E-state index in [1.54, 1.807) is 6.92 Å². The van der Waals surface area contributed by atoms with E-state index in [2.05, 4.69) is 4.40 Å². The second-order valence-corrected chi connectivity index (χ2v) is 6.01. The van der Waals surface area contributed by atoms with Gasteiger partial charge in [-0.25, -0.2) is 0 Å². The third-order valence-corrected chi connectivity index (χ3v) is 4.07. The Morgan fingerprint density at radius 2 is 1.74 bits per heavy atom. The molecule has 0 amide bonds. The molecular weight excluding hydrogens is 286 g/mol. The average Bonchev–Trinajstić information content (AvgIpc) is 2.34. The van der Waals surface area contributed by atoms with Gasteiger partial charge in [-0.3, -0.25) is 4.79 Å². The minimum absolute atomic E-state index is 0.0563. The van der Waals surface area contributed by atoms with Crippen molar-refractivity contribution in [2.75, 3.05) is 0 Å². The summed E-state index contributed by atoms with van der Waals surface area (Å²) in [6.07, 6.45) is 4.12. The van der Waals surface area contributed by atoms with Crippen molar-refractivity contribution < 1.29 is 13.2 Å². The van der Waals surface area contributed by atoms with Gasteiger partial charge in [-0.2, -0.15) is 12.8 Å². The van der Waals surface area contributed by atoms with E-state index in [1.807, 2.05) is 0 Å². The summed E-state index contributed by atoms with van der Waals surface area (Å²) in [7, 11) is -3.80. The molecule has 0 saturated heterocycles. The van der Waals surface area contributed by atoms with Crippen LogP contribution in [0.25, 0.3) is 0 Å².